The van der Waals surface area contributed by atoms with Crippen LogP contribution in [0.1, 0.15) is 28.9 Å². The van der Waals surface area contributed by atoms with Crippen molar-refractivity contribution in [2.24, 2.45) is 0 Å². The number of hydrogen-bond acceptors (Lipinski definition) is 5. The predicted molar refractivity (Wildman–Crippen MR) is 92.8 cm³/mol. The number of amides is 1. The summed E-state index contributed by atoms with van der Waals surface area (Å²) in [5.74, 6) is -0.144. The van der Waals surface area contributed by atoms with Crippen molar-refractivity contribution in [3.05, 3.63) is 40.9 Å². The van der Waals surface area contributed by atoms with Crippen LogP contribution in [0.25, 0.3) is 0 Å². The fraction of sp³-hybridized carbons (Fsp3) is 0.375. The molecule has 1 fully saturated rings. The van der Waals surface area contributed by atoms with Crippen LogP contribution in [0.2, 0.25) is 0 Å². The lowest BCUT2D eigenvalue weighted by molar-refractivity contribution is 0.102. The maximum absolute atomic E-state index is 12.2. The molecule has 0 radical (unpaired) electrons. The lowest BCUT2D eigenvalue weighted by Gasteiger charge is -2.15. The number of rotatable bonds is 5. The van der Waals surface area contributed by atoms with Gasteiger partial charge in [-0.05, 0) is 49.9 Å². The van der Waals surface area contributed by atoms with Gasteiger partial charge in [0.25, 0.3) is 5.91 Å². The number of anilines is 1. The third kappa shape index (κ3) is 3.88. The Labute approximate surface area is 138 Å². The number of likely N-dealkylation sites (tertiary alicyclic amines) is 1. The maximum Gasteiger partial charge on any atom is 0.275 e. The molecule has 1 saturated heterocycles. The molecule has 0 spiro atoms. The normalized spacial score (nSPS) is 15.1. The first-order valence-electron chi connectivity index (χ1n) is 7.37. The fourth-order valence-electron chi connectivity index (χ4n) is 2.60. The molecule has 2 aromatic rings. The van der Waals surface area contributed by atoms with Crippen LogP contribution in [0.5, 0.6) is 0 Å². The number of nitrogens with zero attached hydrogens (tertiary/aromatic N) is 2. The molecule has 1 amide bonds. The second kappa shape index (κ2) is 7.26. The first kappa shape index (κ1) is 15.5. The zero-order valence-corrected chi connectivity index (χ0v) is 14.2. The monoisotopic (exact) mass is 333 g/mol. The molecule has 0 bridgehead atoms. The summed E-state index contributed by atoms with van der Waals surface area (Å²) in [6, 6.07) is 8.09. The van der Waals surface area contributed by atoms with Crippen molar-refractivity contribution in [1.29, 1.82) is 0 Å². The Hall–Kier alpha value is -1.37. The van der Waals surface area contributed by atoms with Crippen LogP contribution in [0.4, 0.5) is 5.69 Å². The number of carbonyl (C=O) groups excluding carboxylic acids is 1. The highest BCUT2D eigenvalue weighted by atomic mass is 32.2. The summed E-state index contributed by atoms with van der Waals surface area (Å²) in [6.07, 6.45) is 4.54. The first-order valence-corrected chi connectivity index (χ1v) is 9.47. The summed E-state index contributed by atoms with van der Waals surface area (Å²) < 4.78 is 0.910. The van der Waals surface area contributed by atoms with E-state index in [1.165, 1.54) is 42.8 Å². The van der Waals surface area contributed by atoms with Gasteiger partial charge in [-0.1, -0.05) is 23.9 Å². The number of hydrogen-bond donors (Lipinski definition) is 1. The van der Waals surface area contributed by atoms with Crippen molar-refractivity contribution in [3.8, 4) is 0 Å². The molecule has 0 unspecified atom stereocenters. The molecule has 2 heterocycles. The molecule has 0 atom stereocenters. The molecule has 4 nitrogen and oxygen atoms in total. The van der Waals surface area contributed by atoms with Crippen LogP contribution in [0.3, 0.4) is 0 Å². The van der Waals surface area contributed by atoms with Crippen LogP contribution in [0, 0.1) is 0 Å². The maximum atomic E-state index is 12.2. The minimum Gasteiger partial charge on any atom is -0.321 e. The van der Waals surface area contributed by atoms with Gasteiger partial charge in [0.15, 0.2) is 0 Å². The Morgan fingerprint density at radius 1 is 1.41 bits per heavy atom. The standard InChI is InChI=1S/C16H19N3OS2/c1-21-16-18-14(11-22-16)15(20)17-13-6-4-5-12(9-13)10-19-7-2-3-8-19/h4-6,9,11H,2-3,7-8,10H2,1H3,(H,17,20). The average Bonchev–Trinajstić information content (AvgIpc) is 3.18. The summed E-state index contributed by atoms with van der Waals surface area (Å²) in [5.41, 5.74) is 2.56. The smallest absolute Gasteiger partial charge is 0.275 e. The Bertz CT molecular complexity index is 650. The fourth-order valence-corrected chi connectivity index (χ4v) is 3.84. The predicted octanol–water partition coefficient (Wildman–Crippen LogP) is 3.71. The molecular formula is C16H19N3OS2. The summed E-state index contributed by atoms with van der Waals surface area (Å²) >= 11 is 3.05. The Balaban J connectivity index is 1.65. The zero-order valence-electron chi connectivity index (χ0n) is 12.5. The van der Waals surface area contributed by atoms with Gasteiger partial charge in [-0.2, -0.15) is 0 Å². The third-order valence-electron chi connectivity index (χ3n) is 3.68. The van der Waals surface area contributed by atoms with E-state index in [1.54, 1.807) is 17.1 Å². The summed E-state index contributed by atoms with van der Waals surface area (Å²) in [7, 11) is 0. The van der Waals surface area contributed by atoms with Crippen LogP contribution in [-0.4, -0.2) is 35.1 Å². The Kier molecular flexibility index (Phi) is 5.12. The Morgan fingerprint density at radius 3 is 2.95 bits per heavy atom. The van der Waals surface area contributed by atoms with Crippen molar-refractivity contribution in [2.45, 2.75) is 23.7 Å². The van der Waals surface area contributed by atoms with Crippen molar-refractivity contribution in [1.82, 2.24) is 9.88 Å². The van der Waals surface area contributed by atoms with E-state index in [4.69, 9.17) is 0 Å². The number of thiazole rings is 1. The molecule has 6 heteroatoms. The van der Waals surface area contributed by atoms with Gasteiger partial charge in [0.2, 0.25) is 0 Å². The molecular weight excluding hydrogens is 314 g/mol. The lowest BCUT2D eigenvalue weighted by Crippen LogP contribution is -2.18. The number of carbonyl (C=O) groups is 1. The topological polar surface area (TPSA) is 45.2 Å². The van der Waals surface area contributed by atoms with E-state index in [-0.39, 0.29) is 5.91 Å². The van der Waals surface area contributed by atoms with E-state index >= 15 is 0 Å². The van der Waals surface area contributed by atoms with Gasteiger partial charge in [-0.25, -0.2) is 4.98 Å². The minimum absolute atomic E-state index is 0.144. The zero-order chi connectivity index (χ0) is 15.4. The molecule has 116 valence electrons. The van der Waals surface area contributed by atoms with Crippen molar-refractivity contribution >= 4 is 34.7 Å². The van der Waals surface area contributed by atoms with Gasteiger partial charge in [-0.15, -0.1) is 11.3 Å². The molecule has 22 heavy (non-hydrogen) atoms. The average molecular weight is 333 g/mol. The quantitative estimate of drug-likeness (QED) is 0.847. The van der Waals surface area contributed by atoms with E-state index in [0.29, 0.717) is 5.69 Å². The molecule has 0 aliphatic carbocycles. The Morgan fingerprint density at radius 2 is 2.23 bits per heavy atom. The van der Waals surface area contributed by atoms with Gasteiger partial charge in [0.1, 0.15) is 10.0 Å². The van der Waals surface area contributed by atoms with Gasteiger partial charge in [0.05, 0.1) is 0 Å². The minimum atomic E-state index is -0.144. The molecule has 1 aliphatic rings. The molecule has 1 N–H and O–H groups in total. The lowest BCUT2D eigenvalue weighted by atomic mass is 10.2. The van der Waals surface area contributed by atoms with Gasteiger partial charge < -0.3 is 5.32 Å². The van der Waals surface area contributed by atoms with Gasteiger partial charge >= 0.3 is 0 Å². The summed E-state index contributed by atoms with van der Waals surface area (Å²) in [6.45, 7) is 3.30. The second-order valence-electron chi connectivity index (χ2n) is 5.34. The van der Waals surface area contributed by atoms with E-state index < -0.39 is 0 Å². The summed E-state index contributed by atoms with van der Waals surface area (Å²) in [5, 5.41) is 4.74. The number of nitrogens with one attached hydrogen (secondary N) is 1. The molecule has 3 rings (SSSR count). The van der Waals surface area contributed by atoms with E-state index in [2.05, 4.69) is 27.3 Å². The molecule has 1 aromatic heterocycles. The van der Waals surface area contributed by atoms with Crippen LogP contribution in [0.15, 0.2) is 34.0 Å². The van der Waals surface area contributed by atoms with Gasteiger partial charge in [-0.3, -0.25) is 9.69 Å². The largest absolute Gasteiger partial charge is 0.321 e. The van der Waals surface area contributed by atoms with E-state index in [0.717, 1.165) is 16.6 Å². The number of thioether (sulfide) groups is 1. The first-order chi connectivity index (χ1) is 10.7. The van der Waals surface area contributed by atoms with Crippen LogP contribution in [-0.2, 0) is 6.54 Å². The van der Waals surface area contributed by atoms with Crippen molar-refractivity contribution < 1.29 is 4.79 Å². The van der Waals surface area contributed by atoms with E-state index in [9.17, 15) is 4.79 Å². The second-order valence-corrected chi connectivity index (χ2v) is 7.25. The highest BCUT2D eigenvalue weighted by molar-refractivity contribution is 8.00. The highest BCUT2D eigenvalue weighted by Gasteiger charge is 2.13. The third-order valence-corrected chi connectivity index (χ3v) is 5.54. The molecule has 0 saturated carbocycles. The van der Waals surface area contributed by atoms with Crippen molar-refractivity contribution in [2.75, 3.05) is 24.7 Å². The van der Waals surface area contributed by atoms with E-state index in [1.807, 2.05) is 18.4 Å². The van der Waals surface area contributed by atoms with Crippen molar-refractivity contribution in [3.63, 3.8) is 0 Å². The molecule has 1 aliphatic heterocycles. The SMILES string of the molecule is CSc1nc(C(=O)Nc2cccc(CN3CCCC3)c2)cs1. The highest BCUT2D eigenvalue weighted by Crippen LogP contribution is 2.21. The summed E-state index contributed by atoms with van der Waals surface area (Å²) in [4.78, 5) is 19.0. The van der Waals surface area contributed by atoms with Crippen LogP contribution < -0.4 is 5.32 Å². The molecule has 1 aromatic carbocycles. The van der Waals surface area contributed by atoms with Gasteiger partial charge in [0, 0.05) is 17.6 Å². The van der Waals surface area contributed by atoms with Crippen LogP contribution >= 0.6 is 23.1 Å². The number of benzene rings is 1. The number of aromatic nitrogens is 1.